The second-order valence-electron chi connectivity index (χ2n) is 4.71. The van der Waals surface area contributed by atoms with Gasteiger partial charge in [0.15, 0.2) is 0 Å². The molecule has 0 radical (unpaired) electrons. The monoisotopic (exact) mass is 197 g/mol. The molecule has 0 aromatic heterocycles. The summed E-state index contributed by atoms with van der Waals surface area (Å²) in [6.45, 7) is 10.2. The molecule has 80 valence electrons. The van der Waals surface area contributed by atoms with Crippen LogP contribution < -0.4 is 5.32 Å². The Kier molecular flexibility index (Phi) is 3.00. The van der Waals surface area contributed by atoms with E-state index in [-0.39, 0.29) is 5.97 Å². The maximum atomic E-state index is 11.9. The summed E-state index contributed by atoms with van der Waals surface area (Å²) in [6, 6.07) is 0. The number of rotatable bonds is 2. The summed E-state index contributed by atoms with van der Waals surface area (Å²) in [5.41, 5.74) is -1.08. The van der Waals surface area contributed by atoms with Gasteiger partial charge in [0.05, 0.1) is 0 Å². The predicted molar refractivity (Wildman–Crippen MR) is 56.0 cm³/mol. The Labute approximate surface area is 85.5 Å². The lowest BCUT2D eigenvalue weighted by molar-refractivity contribution is -0.160. The van der Waals surface area contributed by atoms with Crippen molar-refractivity contribution < 1.29 is 9.53 Å². The molecule has 0 amide bonds. The van der Waals surface area contributed by atoms with E-state index in [1.165, 1.54) is 0 Å². The van der Waals surface area contributed by atoms with Crippen LogP contribution in [0.15, 0.2) is 12.7 Å². The zero-order valence-corrected chi connectivity index (χ0v) is 9.22. The summed E-state index contributed by atoms with van der Waals surface area (Å²) in [4.78, 5) is 11.9. The van der Waals surface area contributed by atoms with Gasteiger partial charge in [0, 0.05) is 0 Å². The van der Waals surface area contributed by atoms with Crippen LogP contribution in [0.4, 0.5) is 0 Å². The summed E-state index contributed by atoms with van der Waals surface area (Å²) in [5.74, 6) is -0.211. The maximum absolute atomic E-state index is 11.9. The Morgan fingerprint density at radius 3 is 2.57 bits per heavy atom. The smallest absolute Gasteiger partial charge is 0.330 e. The van der Waals surface area contributed by atoms with E-state index >= 15 is 0 Å². The molecule has 0 saturated carbocycles. The predicted octanol–water partition coefficient (Wildman–Crippen LogP) is 1.64. The summed E-state index contributed by atoms with van der Waals surface area (Å²) in [5, 5.41) is 3.15. The molecule has 3 heteroatoms. The molecule has 14 heavy (non-hydrogen) atoms. The van der Waals surface area contributed by atoms with Gasteiger partial charge in [-0.25, -0.2) is 4.79 Å². The molecule has 1 aliphatic heterocycles. The van der Waals surface area contributed by atoms with Crippen LogP contribution in [0, 0.1) is 0 Å². The number of hydrogen-bond acceptors (Lipinski definition) is 3. The first-order chi connectivity index (χ1) is 6.40. The van der Waals surface area contributed by atoms with Crippen LogP contribution >= 0.6 is 0 Å². The van der Waals surface area contributed by atoms with E-state index in [2.05, 4.69) is 11.9 Å². The van der Waals surface area contributed by atoms with E-state index in [1.54, 1.807) is 6.08 Å². The quantitative estimate of drug-likeness (QED) is 0.540. The highest BCUT2D eigenvalue weighted by Crippen LogP contribution is 2.24. The summed E-state index contributed by atoms with van der Waals surface area (Å²) in [7, 11) is 0. The van der Waals surface area contributed by atoms with Crippen molar-refractivity contribution in [2.45, 2.75) is 44.8 Å². The minimum atomic E-state index is -0.646. The van der Waals surface area contributed by atoms with Gasteiger partial charge in [0.25, 0.3) is 0 Å². The first-order valence-corrected chi connectivity index (χ1v) is 5.02. The third-order valence-electron chi connectivity index (χ3n) is 2.30. The van der Waals surface area contributed by atoms with Crippen LogP contribution in [0.1, 0.15) is 33.6 Å². The van der Waals surface area contributed by atoms with Crippen molar-refractivity contribution in [3.05, 3.63) is 12.7 Å². The number of carbonyl (C=O) groups excluding carboxylic acids is 1. The van der Waals surface area contributed by atoms with E-state index in [9.17, 15) is 4.79 Å². The molecule has 1 fully saturated rings. The average molecular weight is 197 g/mol. The maximum Gasteiger partial charge on any atom is 0.330 e. The Bertz CT molecular complexity index is 234. The van der Waals surface area contributed by atoms with Crippen LogP contribution in [0.3, 0.4) is 0 Å². The number of nitrogens with one attached hydrogen (secondary N) is 1. The van der Waals surface area contributed by atoms with Crippen molar-refractivity contribution in [1.29, 1.82) is 0 Å². The van der Waals surface area contributed by atoms with Gasteiger partial charge in [-0.1, -0.05) is 6.08 Å². The highest BCUT2D eigenvalue weighted by Gasteiger charge is 2.41. The SMILES string of the molecule is C=C[C@@]1(C(=O)OC(C)(C)C)CCCN1. The van der Waals surface area contributed by atoms with Crippen LogP contribution in [0.5, 0.6) is 0 Å². The molecule has 1 N–H and O–H groups in total. The van der Waals surface area contributed by atoms with Gasteiger partial charge in [-0.15, -0.1) is 6.58 Å². The highest BCUT2D eigenvalue weighted by molar-refractivity contribution is 5.84. The van der Waals surface area contributed by atoms with E-state index in [1.807, 2.05) is 20.8 Å². The molecule has 1 rings (SSSR count). The van der Waals surface area contributed by atoms with Crippen molar-refractivity contribution in [2.75, 3.05) is 6.54 Å². The normalized spacial score (nSPS) is 27.4. The van der Waals surface area contributed by atoms with Crippen molar-refractivity contribution >= 4 is 5.97 Å². The second-order valence-corrected chi connectivity index (χ2v) is 4.71. The van der Waals surface area contributed by atoms with Gasteiger partial charge < -0.3 is 4.74 Å². The fraction of sp³-hybridized carbons (Fsp3) is 0.727. The molecule has 0 spiro atoms. The Hall–Kier alpha value is -0.830. The van der Waals surface area contributed by atoms with Crippen molar-refractivity contribution in [1.82, 2.24) is 5.32 Å². The van der Waals surface area contributed by atoms with E-state index in [0.717, 1.165) is 19.4 Å². The standard InChI is InChI=1S/C11H19NO2/c1-5-11(7-6-8-12-11)9(13)14-10(2,3)4/h5,12H,1,6-8H2,2-4H3/t11-/m0/s1. The van der Waals surface area contributed by atoms with Crippen LogP contribution in [-0.2, 0) is 9.53 Å². The fourth-order valence-corrected chi connectivity index (χ4v) is 1.57. The molecule has 3 nitrogen and oxygen atoms in total. The average Bonchev–Trinajstić information content (AvgIpc) is 2.49. The van der Waals surface area contributed by atoms with E-state index < -0.39 is 11.1 Å². The first kappa shape index (κ1) is 11.2. The second kappa shape index (κ2) is 3.73. The zero-order chi connectivity index (χ0) is 10.8. The minimum Gasteiger partial charge on any atom is -0.458 e. The van der Waals surface area contributed by atoms with E-state index in [4.69, 9.17) is 4.74 Å². The number of hydrogen-bond donors (Lipinski definition) is 1. The molecular formula is C11H19NO2. The molecule has 0 bridgehead atoms. The van der Waals surface area contributed by atoms with Crippen molar-refractivity contribution in [2.24, 2.45) is 0 Å². The minimum absolute atomic E-state index is 0.211. The number of carbonyl (C=O) groups is 1. The van der Waals surface area contributed by atoms with E-state index in [0.29, 0.717) is 0 Å². The van der Waals surface area contributed by atoms with Crippen LogP contribution in [0.25, 0.3) is 0 Å². The van der Waals surface area contributed by atoms with Gasteiger partial charge in [-0.3, -0.25) is 5.32 Å². The highest BCUT2D eigenvalue weighted by atomic mass is 16.6. The van der Waals surface area contributed by atoms with Crippen molar-refractivity contribution in [3.63, 3.8) is 0 Å². The third-order valence-corrected chi connectivity index (χ3v) is 2.30. The molecular weight excluding hydrogens is 178 g/mol. The van der Waals surface area contributed by atoms with Gasteiger partial charge in [0.2, 0.25) is 0 Å². The molecule has 1 atom stereocenters. The van der Waals surface area contributed by atoms with Gasteiger partial charge in [-0.2, -0.15) is 0 Å². The summed E-state index contributed by atoms with van der Waals surface area (Å²) in [6.07, 6.45) is 3.44. The molecule has 1 aliphatic rings. The topological polar surface area (TPSA) is 38.3 Å². The zero-order valence-electron chi connectivity index (χ0n) is 9.22. The molecule has 1 saturated heterocycles. The Balaban J connectivity index is 2.71. The molecule has 0 aromatic carbocycles. The largest absolute Gasteiger partial charge is 0.458 e. The summed E-state index contributed by atoms with van der Waals surface area (Å²) < 4.78 is 5.34. The number of ether oxygens (including phenoxy) is 1. The van der Waals surface area contributed by atoms with Crippen molar-refractivity contribution in [3.8, 4) is 0 Å². The lowest BCUT2D eigenvalue weighted by Gasteiger charge is -2.28. The molecule has 1 heterocycles. The van der Waals surface area contributed by atoms with Gasteiger partial charge in [0.1, 0.15) is 11.1 Å². The Morgan fingerprint density at radius 1 is 1.57 bits per heavy atom. The summed E-state index contributed by atoms with van der Waals surface area (Å²) >= 11 is 0. The van der Waals surface area contributed by atoms with Gasteiger partial charge in [-0.05, 0) is 40.2 Å². The molecule has 0 aromatic rings. The van der Waals surface area contributed by atoms with Gasteiger partial charge >= 0.3 is 5.97 Å². The lowest BCUT2D eigenvalue weighted by atomic mass is 9.97. The molecule has 0 unspecified atom stereocenters. The fourth-order valence-electron chi connectivity index (χ4n) is 1.57. The first-order valence-electron chi connectivity index (χ1n) is 5.02. The third kappa shape index (κ3) is 2.35. The molecule has 0 aliphatic carbocycles. The number of esters is 1. The lowest BCUT2D eigenvalue weighted by Crippen LogP contribution is -2.48. The van der Waals surface area contributed by atoms with Crippen LogP contribution in [-0.4, -0.2) is 23.7 Å². The Morgan fingerprint density at radius 2 is 2.21 bits per heavy atom. The van der Waals surface area contributed by atoms with Crippen LogP contribution in [0.2, 0.25) is 0 Å².